The van der Waals surface area contributed by atoms with Crippen molar-refractivity contribution in [2.24, 2.45) is 4.99 Å². The van der Waals surface area contributed by atoms with Crippen molar-refractivity contribution in [1.82, 2.24) is 0 Å². The second-order valence-electron chi connectivity index (χ2n) is 6.05. The van der Waals surface area contributed by atoms with Gasteiger partial charge in [0.05, 0.1) is 25.0 Å². The minimum Gasteiger partial charge on any atom is -0.497 e. The van der Waals surface area contributed by atoms with Crippen LogP contribution in [-0.4, -0.2) is 43.6 Å². The third-order valence-electron chi connectivity index (χ3n) is 4.00. The Morgan fingerprint density at radius 2 is 2.04 bits per heavy atom. The predicted octanol–water partition coefficient (Wildman–Crippen LogP) is 4.07. The first-order valence-corrected chi connectivity index (χ1v) is 9.90. The van der Waals surface area contributed by atoms with Gasteiger partial charge in [0.25, 0.3) is 0 Å². The Hall–Kier alpha value is -2.02. The number of hydrogen-bond acceptors (Lipinski definition) is 6. The summed E-state index contributed by atoms with van der Waals surface area (Å²) in [6, 6.07) is 2.83. The molecule has 1 atom stereocenters. The molecular formula is C20H30N2O4S. The maximum atomic E-state index is 12.7. The number of thiol groups is 1. The van der Waals surface area contributed by atoms with E-state index in [1.807, 2.05) is 13.8 Å². The zero-order chi connectivity index (χ0) is 20.2. The van der Waals surface area contributed by atoms with E-state index < -0.39 is 12.0 Å². The normalized spacial score (nSPS) is 12.0. The highest BCUT2D eigenvalue weighted by Crippen LogP contribution is 2.28. The number of rotatable bonds is 11. The van der Waals surface area contributed by atoms with Crippen LogP contribution in [0.25, 0.3) is 0 Å². The first kappa shape index (κ1) is 23.0. The number of aliphatic imine (C=N–C) groups is 1. The summed E-state index contributed by atoms with van der Waals surface area (Å²) in [4.78, 5) is 29.4. The van der Waals surface area contributed by atoms with Gasteiger partial charge in [0.2, 0.25) is 5.91 Å². The number of benzene rings is 1. The van der Waals surface area contributed by atoms with Crippen LogP contribution < -0.4 is 10.1 Å². The van der Waals surface area contributed by atoms with Crippen molar-refractivity contribution in [3.63, 3.8) is 0 Å². The number of aryl methyl sites for hydroxylation is 1. The van der Waals surface area contributed by atoms with Gasteiger partial charge in [-0.2, -0.15) is 12.6 Å². The summed E-state index contributed by atoms with van der Waals surface area (Å²) in [6.45, 7) is 5.69. The summed E-state index contributed by atoms with van der Waals surface area (Å²) >= 11 is 4.18. The van der Waals surface area contributed by atoms with Gasteiger partial charge in [0.15, 0.2) is 0 Å². The standard InChI is InChI=1S/C20H30N2O4S/c1-5-17(21-10-8-7-9-11-27)19(23)22-18-14(3)12-15(25-4)13-16(18)20(24)26-6-2/h10,12-13,17,27H,5-9,11H2,1-4H3,(H,22,23). The van der Waals surface area contributed by atoms with E-state index in [4.69, 9.17) is 9.47 Å². The van der Waals surface area contributed by atoms with Crippen LogP contribution in [-0.2, 0) is 9.53 Å². The van der Waals surface area contributed by atoms with Crippen molar-refractivity contribution < 1.29 is 19.1 Å². The van der Waals surface area contributed by atoms with E-state index in [1.165, 1.54) is 7.11 Å². The summed E-state index contributed by atoms with van der Waals surface area (Å²) in [5, 5.41) is 2.85. The summed E-state index contributed by atoms with van der Waals surface area (Å²) in [6.07, 6.45) is 5.20. The average molecular weight is 395 g/mol. The number of ether oxygens (including phenoxy) is 2. The summed E-state index contributed by atoms with van der Waals surface area (Å²) < 4.78 is 10.3. The van der Waals surface area contributed by atoms with Gasteiger partial charge in [-0.15, -0.1) is 0 Å². The summed E-state index contributed by atoms with van der Waals surface area (Å²) in [7, 11) is 1.53. The number of unbranched alkanes of at least 4 members (excludes halogenated alkanes) is 2. The minimum atomic E-state index is -0.502. The van der Waals surface area contributed by atoms with E-state index in [9.17, 15) is 9.59 Å². The Kier molecular flexibility index (Phi) is 10.6. The van der Waals surface area contributed by atoms with Crippen LogP contribution in [0.2, 0.25) is 0 Å². The molecule has 0 aliphatic heterocycles. The molecule has 1 rings (SSSR count). The Balaban J connectivity index is 3.00. The first-order chi connectivity index (χ1) is 13.0. The molecule has 0 aliphatic carbocycles. The number of carbonyl (C=O) groups is 2. The molecule has 150 valence electrons. The van der Waals surface area contributed by atoms with Crippen LogP contribution in [0.3, 0.4) is 0 Å². The maximum Gasteiger partial charge on any atom is 0.340 e. The highest BCUT2D eigenvalue weighted by molar-refractivity contribution is 7.80. The number of nitrogens with zero attached hydrogens (tertiary/aromatic N) is 1. The maximum absolute atomic E-state index is 12.7. The quantitative estimate of drug-likeness (QED) is 0.257. The molecule has 1 N–H and O–H groups in total. The third kappa shape index (κ3) is 7.25. The van der Waals surface area contributed by atoms with Crippen LogP contribution in [0, 0.1) is 6.92 Å². The van der Waals surface area contributed by atoms with Crippen LogP contribution >= 0.6 is 12.6 Å². The van der Waals surface area contributed by atoms with Gasteiger partial charge in [-0.1, -0.05) is 6.92 Å². The molecule has 0 fully saturated rings. The molecule has 1 amide bonds. The molecule has 0 saturated carbocycles. The zero-order valence-corrected chi connectivity index (χ0v) is 17.5. The largest absolute Gasteiger partial charge is 0.497 e. The zero-order valence-electron chi connectivity index (χ0n) is 16.6. The van der Waals surface area contributed by atoms with Gasteiger partial charge in [-0.05, 0) is 69.2 Å². The molecule has 0 aliphatic rings. The van der Waals surface area contributed by atoms with E-state index in [-0.39, 0.29) is 18.1 Å². The molecule has 27 heavy (non-hydrogen) atoms. The van der Waals surface area contributed by atoms with Crippen molar-refractivity contribution in [3.8, 4) is 5.75 Å². The number of hydrogen-bond donors (Lipinski definition) is 2. The van der Waals surface area contributed by atoms with Crippen LogP contribution in [0.1, 0.15) is 55.5 Å². The monoisotopic (exact) mass is 394 g/mol. The number of anilines is 1. The number of methoxy groups -OCH3 is 1. The second-order valence-corrected chi connectivity index (χ2v) is 6.50. The fourth-order valence-electron chi connectivity index (χ4n) is 2.52. The van der Waals surface area contributed by atoms with Crippen molar-refractivity contribution in [2.75, 3.05) is 24.8 Å². The number of amides is 1. The van der Waals surface area contributed by atoms with E-state index >= 15 is 0 Å². The fraction of sp³-hybridized carbons (Fsp3) is 0.550. The molecule has 7 heteroatoms. The molecule has 6 nitrogen and oxygen atoms in total. The molecule has 1 aromatic rings. The first-order valence-electron chi connectivity index (χ1n) is 9.27. The highest BCUT2D eigenvalue weighted by atomic mass is 32.1. The van der Waals surface area contributed by atoms with E-state index in [0.29, 0.717) is 17.9 Å². The second kappa shape index (κ2) is 12.4. The highest BCUT2D eigenvalue weighted by Gasteiger charge is 2.21. The Labute approximate surface area is 167 Å². The van der Waals surface area contributed by atoms with Crippen molar-refractivity contribution >= 4 is 36.4 Å². The average Bonchev–Trinajstić information content (AvgIpc) is 2.66. The molecule has 0 heterocycles. The van der Waals surface area contributed by atoms with Gasteiger partial charge >= 0.3 is 5.97 Å². The lowest BCUT2D eigenvalue weighted by molar-refractivity contribution is -0.117. The van der Waals surface area contributed by atoms with E-state index in [2.05, 4.69) is 22.9 Å². The minimum absolute atomic E-state index is 0.247. The predicted molar refractivity (Wildman–Crippen MR) is 113 cm³/mol. The Morgan fingerprint density at radius 3 is 2.63 bits per heavy atom. The van der Waals surface area contributed by atoms with Crippen LogP contribution in [0.15, 0.2) is 17.1 Å². The van der Waals surface area contributed by atoms with Gasteiger partial charge < -0.3 is 14.8 Å². The van der Waals surface area contributed by atoms with Gasteiger partial charge in [0.1, 0.15) is 11.8 Å². The van der Waals surface area contributed by atoms with Crippen LogP contribution in [0.5, 0.6) is 5.75 Å². The summed E-state index contributed by atoms with van der Waals surface area (Å²) in [5.41, 5.74) is 1.43. The SMILES string of the molecule is CCOC(=O)c1cc(OC)cc(C)c1NC(=O)C(CC)N=CCCCCS. The Bertz CT molecular complexity index is 662. The smallest absolute Gasteiger partial charge is 0.340 e. The molecular weight excluding hydrogens is 364 g/mol. The molecule has 0 radical (unpaired) electrons. The number of carbonyl (C=O) groups excluding carboxylic acids is 2. The van der Waals surface area contributed by atoms with E-state index in [1.54, 1.807) is 25.3 Å². The molecule has 0 aromatic heterocycles. The van der Waals surface area contributed by atoms with Crippen molar-refractivity contribution in [2.45, 2.75) is 52.5 Å². The molecule has 0 saturated heterocycles. The van der Waals surface area contributed by atoms with Crippen molar-refractivity contribution in [3.05, 3.63) is 23.3 Å². The van der Waals surface area contributed by atoms with E-state index in [0.717, 1.165) is 30.6 Å². The lowest BCUT2D eigenvalue weighted by Crippen LogP contribution is -2.27. The molecule has 0 bridgehead atoms. The Morgan fingerprint density at radius 1 is 1.30 bits per heavy atom. The fourth-order valence-corrected chi connectivity index (χ4v) is 2.75. The molecule has 1 aromatic carbocycles. The molecule has 0 spiro atoms. The number of nitrogens with one attached hydrogen (secondary N) is 1. The van der Waals surface area contributed by atoms with Gasteiger partial charge in [-0.3, -0.25) is 9.79 Å². The number of esters is 1. The lowest BCUT2D eigenvalue weighted by Gasteiger charge is -2.17. The summed E-state index contributed by atoms with van der Waals surface area (Å²) in [5.74, 6) is 0.626. The van der Waals surface area contributed by atoms with Crippen LogP contribution in [0.4, 0.5) is 5.69 Å². The topological polar surface area (TPSA) is 77.0 Å². The van der Waals surface area contributed by atoms with Gasteiger partial charge in [-0.25, -0.2) is 4.79 Å². The lowest BCUT2D eigenvalue weighted by atomic mass is 10.1. The van der Waals surface area contributed by atoms with Crippen molar-refractivity contribution in [1.29, 1.82) is 0 Å². The molecule has 1 unspecified atom stereocenters. The van der Waals surface area contributed by atoms with Gasteiger partial charge in [0, 0.05) is 0 Å². The third-order valence-corrected chi connectivity index (χ3v) is 4.32.